The zero-order chi connectivity index (χ0) is 18.9. The molecule has 8 atom stereocenters. The summed E-state index contributed by atoms with van der Waals surface area (Å²) in [7, 11) is 0. The summed E-state index contributed by atoms with van der Waals surface area (Å²) in [6, 6.07) is 0. The summed E-state index contributed by atoms with van der Waals surface area (Å²) in [6.45, 7) is 9.86. The predicted molar refractivity (Wildman–Crippen MR) is 111 cm³/mol. The number of nitrogens with one attached hydrogen (secondary N) is 1. The van der Waals surface area contributed by atoms with Gasteiger partial charge in [0, 0.05) is 19.0 Å². The van der Waals surface area contributed by atoms with Crippen molar-refractivity contribution in [1.82, 2.24) is 5.32 Å². The summed E-state index contributed by atoms with van der Waals surface area (Å²) < 4.78 is 0. The molecule has 0 bridgehead atoms. The Labute approximate surface area is 166 Å². The largest absolute Gasteiger partial charge is 0.389 e. The molecule has 2 nitrogen and oxygen atoms in total. The van der Waals surface area contributed by atoms with E-state index in [2.05, 4.69) is 38.2 Å². The predicted octanol–water partition coefficient (Wildman–Crippen LogP) is 5.17. The van der Waals surface area contributed by atoms with Crippen LogP contribution >= 0.6 is 0 Å². The molecule has 2 N–H and O–H groups in total. The summed E-state index contributed by atoms with van der Waals surface area (Å²) in [5, 5.41) is 15.4. The fourth-order valence-corrected chi connectivity index (χ4v) is 8.65. The van der Waals surface area contributed by atoms with Crippen molar-refractivity contribution >= 4 is 0 Å². The van der Waals surface area contributed by atoms with Crippen LogP contribution in [0.2, 0.25) is 0 Å². The van der Waals surface area contributed by atoms with Crippen LogP contribution in [-0.4, -0.2) is 23.8 Å². The first-order chi connectivity index (χ1) is 12.8. The molecule has 0 spiro atoms. The highest BCUT2D eigenvalue weighted by Crippen LogP contribution is 2.68. The van der Waals surface area contributed by atoms with Crippen molar-refractivity contribution < 1.29 is 5.11 Å². The second-order valence-corrected chi connectivity index (χ2v) is 11.8. The molecule has 152 valence electrons. The zero-order valence-corrected chi connectivity index (χ0v) is 17.8. The van der Waals surface area contributed by atoms with Crippen LogP contribution in [0, 0.1) is 46.3 Å². The smallest absolute Gasteiger partial charge is 0.0712 e. The van der Waals surface area contributed by atoms with Crippen molar-refractivity contribution in [2.75, 3.05) is 13.1 Å². The molecule has 4 aliphatic carbocycles. The molecule has 0 aromatic carbocycles. The summed E-state index contributed by atoms with van der Waals surface area (Å²) in [6.07, 6.45) is 16.6. The van der Waals surface area contributed by atoms with Gasteiger partial charge in [0.05, 0.1) is 5.60 Å². The average molecular weight is 372 g/mol. The quantitative estimate of drug-likeness (QED) is 0.656. The number of allylic oxidation sites excluding steroid dienone is 1. The Morgan fingerprint density at radius 1 is 0.889 bits per heavy atom. The van der Waals surface area contributed by atoms with E-state index in [1.807, 2.05) is 0 Å². The molecule has 5 aliphatic rings. The maximum absolute atomic E-state index is 12.0. The number of hydrogen-bond acceptors (Lipinski definition) is 2. The van der Waals surface area contributed by atoms with Gasteiger partial charge in [0.25, 0.3) is 0 Å². The summed E-state index contributed by atoms with van der Waals surface area (Å²) in [5.41, 5.74) is 0.319. The summed E-state index contributed by atoms with van der Waals surface area (Å²) in [5.74, 6) is 4.56. The molecule has 2 heteroatoms. The van der Waals surface area contributed by atoms with Gasteiger partial charge in [-0.25, -0.2) is 0 Å². The van der Waals surface area contributed by atoms with Crippen molar-refractivity contribution in [3.05, 3.63) is 12.2 Å². The first kappa shape index (κ1) is 18.7. The second kappa shape index (κ2) is 6.33. The van der Waals surface area contributed by atoms with Gasteiger partial charge in [-0.3, -0.25) is 0 Å². The van der Waals surface area contributed by atoms with Crippen molar-refractivity contribution in [1.29, 1.82) is 0 Å². The van der Waals surface area contributed by atoms with E-state index < -0.39 is 5.60 Å². The monoisotopic (exact) mass is 371 g/mol. The molecule has 5 rings (SSSR count). The van der Waals surface area contributed by atoms with Crippen molar-refractivity contribution in [3.8, 4) is 0 Å². The third-order valence-corrected chi connectivity index (χ3v) is 10.4. The molecule has 0 radical (unpaired) electrons. The lowest BCUT2D eigenvalue weighted by molar-refractivity contribution is -0.224. The Morgan fingerprint density at radius 3 is 2.41 bits per heavy atom. The van der Waals surface area contributed by atoms with Crippen molar-refractivity contribution in [2.45, 2.75) is 84.2 Å². The van der Waals surface area contributed by atoms with Gasteiger partial charge in [-0.05, 0) is 91.8 Å². The average Bonchev–Trinajstić information content (AvgIpc) is 2.96. The first-order valence-corrected chi connectivity index (χ1v) is 12.0. The number of fused-ring (bicyclic) bond motifs is 5. The van der Waals surface area contributed by atoms with Gasteiger partial charge >= 0.3 is 0 Å². The standard InChI is InChI=1S/C25H41NO/c1-17-13-25(27)14-18(6-7-19-15-26-16-19)8-12-24(25,3)21-9-11-23(2)10-4-5-20(23)22(17)21/h6-7,17-22,26-27H,4-5,8-16H2,1-3H3/b7-6-/t17-,18-,20+,21+,22+,23+,24-,25-/m1/s1. The maximum atomic E-state index is 12.0. The lowest BCUT2D eigenvalue weighted by Crippen LogP contribution is -2.64. The van der Waals surface area contributed by atoms with E-state index in [0.29, 0.717) is 17.3 Å². The second-order valence-electron chi connectivity index (χ2n) is 11.8. The topological polar surface area (TPSA) is 32.3 Å². The molecule has 1 saturated heterocycles. The van der Waals surface area contributed by atoms with Gasteiger partial charge in [0.2, 0.25) is 0 Å². The van der Waals surface area contributed by atoms with Gasteiger partial charge in [-0.2, -0.15) is 0 Å². The Kier molecular flexibility index (Phi) is 4.38. The molecule has 1 heterocycles. The van der Waals surface area contributed by atoms with E-state index in [4.69, 9.17) is 0 Å². The highest BCUT2D eigenvalue weighted by molar-refractivity contribution is 5.16. The zero-order valence-electron chi connectivity index (χ0n) is 17.8. The molecule has 0 aromatic heterocycles. The minimum absolute atomic E-state index is 0.149. The SMILES string of the molecule is C[C@@H]1C[C@@]2(O)C[C@H](/C=C\C3CNC3)CC[C@]2(C)[C@H]2CC[C@]3(C)CCC[C@H]3[C@H]12. The Morgan fingerprint density at radius 2 is 1.67 bits per heavy atom. The van der Waals surface area contributed by atoms with Gasteiger partial charge in [-0.15, -0.1) is 0 Å². The molecule has 0 aromatic rings. The van der Waals surface area contributed by atoms with Crippen LogP contribution in [0.1, 0.15) is 78.6 Å². The normalized spacial score (nSPS) is 55.6. The van der Waals surface area contributed by atoms with Crippen molar-refractivity contribution in [3.63, 3.8) is 0 Å². The Balaban J connectivity index is 1.39. The van der Waals surface area contributed by atoms with Crippen LogP contribution in [-0.2, 0) is 0 Å². The van der Waals surface area contributed by atoms with E-state index >= 15 is 0 Å². The van der Waals surface area contributed by atoms with E-state index in [-0.39, 0.29) is 5.41 Å². The van der Waals surface area contributed by atoms with Crippen LogP contribution in [0.3, 0.4) is 0 Å². The van der Waals surface area contributed by atoms with Crippen LogP contribution in [0.25, 0.3) is 0 Å². The fraction of sp³-hybridized carbons (Fsp3) is 0.920. The minimum Gasteiger partial charge on any atom is -0.389 e. The third-order valence-electron chi connectivity index (χ3n) is 10.4. The molecule has 0 unspecified atom stereocenters. The van der Waals surface area contributed by atoms with Crippen LogP contribution < -0.4 is 5.32 Å². The molecule has 5 fully saturated rings. The van der Waals surface area contributed by atoms with Gasteiger partial charge in [-0.1, -0.05) is 39.3 Å². The van der Waals surface area contributed by atoms with E-state index in [1.54, 1.807) is 0 Å². The number of rotatable bonds is 2. The minimum atomic E-state index is -0.439. The summed E-state index contributed by atoms with van der Waals surface area (Å²) >= 11 is 0. The van der Waals surface area contributed by atoms with Gasteiger partial charge in [0.1, 0.15) is 0 Å². The molecular formula is C25H41NO. The molecule has 27 heavy (non-hydrogen) atoms. The highest BCUT2D eigenvalue weighted by Gasteiger charge is 2.64. The van der Waals surface area contributed by atoms with Crippen LogP contribution in [0.4, 0.5) is 0 Å². The Bertz CT molecular complexity index is 611. The van der Waals surface area contributed by atoms with E-state index in [9.17, 15) is 5.11 Å². The first-order valence-electron chi connectivity index (χ1n) is 12.0. The third kappa shape index (κ3) is 2.72. The van der Waals surface area contributed by atoms with E-state index in [0.717, 1.165) is 49.6 Å². The summed E-state index contributed by atoms with van der Waals surface area (Å²) in [4.78, 5) is 0. The van der Waals surface area contributed by atoms with Gasteiger partial charge in [0.15, 0.2) is 0 Å². The van der Waals surface area contributed by atoms with Crippen molar-refractivity contribution in [2.24, 2.45) is 46.3 Å². The molecular weight excluding hydrogens is 330 g/mol. The molecule has 4 saturated carbocycles. The van der Waals surface area contributed by atoms with Crippen LogP contribution in [0.5, 0.6) is 0 Å². The number of hydrogen-bond donors (Lipinski definition) is 2. The fourth-order valence-electron chi connectivity index (χ4n) is 8.65. The van der Waals surface area contributed by atoms with E-state index in [1.165, 1.54) is 44.9 Å². The lowest BCUT2D eigenvalue weighted by Gasteiger charge is -2.65. The van der Waals surface area contributed by atoms with Crippen LogP contribution in [0.15, 0.2) is 12.2 Å². The highest BCUT2D eigenvalue weighted by atomic mass is 16.3. The lowest BCUT2D eigenvalue weighted by atomic mass is 9.41. The van der Waals surface area contributed by atoms with Gasteiger partial charge < -0.3 is 10.4 Å². The Hall–Kier alpha value is -0.340. The maximum Gasteiger partial charge on any atom is 0.0712 e. The number of aliphatic hydroxyl groups is 1. The molecule has 0 amide bonds. The molecule has 1 aliphatic heterocycles.